The van der Waals surface area contributed by atoms with E-state index in [2.05, 4.69) is 68.6 Å². The largest absolute Gasteiger partial charge is 0.406 e. The van der Waals surface area contributed by atoms with Gasteiger partial charge in [0.1, 0.15) is 0 Å². The van der Waals surface area contributed by atoms with Gasteiger partial charge in [-0.3, -0.25) is 4.98 Å². The highest BCUT2D eigenvalue weighted by Crippen LogP contribution is 2.41. The minimum atomic E-state index is -1.80. The van der Waals surface area contributed by atoms with Crippen LogP contribution < -0.4 is 0 Å². The lowest BCUT2D eigenvalue weighted by molar-refractivity contribution is 0.0855. The second kappa shape index (κ2) is 5.06. The summed E-state index contributed by atoms with van der Waals surface area (Å²) in [5, 5.41) is 0.205. The molecule has 4 heteroatoms. The fourth-order valence-electron chi connectivity index (χ4n) is 1.58. The number of hydrogen-bond acceptors (Lipinski definition) is 2. The Kier molecular flexibility index (Phi) is 4.46. The molecule has 0 aromatic carbocycles. The molecule has 1 rings (SSSR count). The van der Waals surface area contributed by atoms with Crippen LogP contribution in [0.15, 0.2) is 22.8 Å². The van der Waals surface area contributed by atoms with E-state index in [1.165, 1.54) is 0 Å². The molecule has 0 fully saturated rings. The van der Waals surface area contributed by atoms with Crippen molar-refractivity contribution in [3.63, 3.8) is 0 Å². The standard InChI is InChI=1S/C14H24BrNOSi/c1-13(2,3)18(6,7)17-14(4,5)12-10-11(15)8-9-16-12/h8-10H,1-7H3. The van der Waals surface area contributed by atoms with Gasteiger partial charge in [0, 0.05) is 10.7 Å². The molecule has 0 aliphatic rings. The van der Waals surface area contributed by atoms with Gasteiger partial charge in [-0.05, 0) is 44.1 Å². The van der Waals surface area contributed by atoms with Crippen LogP contribution in [0.25, 0.3) is 0 Å². The molecule has 0 N–H and O–H groups in total. The minimum Gasteiger partial charge on any atom is -0.406 e. The first-order valence-corrected chi connectivity index (χ1v) is 9.98. The SMILES string of the molecule is CC(C)(O[Si](C)(C)C(C)(C)C)c1cc(Br)ccn1. The predicted molar refractivity (Wildman–Crippen MR) is 83.2 cm³/mol. The summed E-state index contributed by atoms with van der Waals surface area (Å²) in [6, 6.07) is 3.97. The Morgan fingerprint density at radius 1 is 1.17 bits per heavy atom. The molecule has 0 unspecified atom stereocenters. The third-order valence-electron chi connectivity index (χ3n) is 3.66. The van der Waals surface area contributed by atoms with Gasteiger partial charge >= 0.3 is 0 Å². The van der Waals surface area contributed by atoms with Crippen LogP contribution >= 0.6 is 15.9 Å². The summed E-state index contributed by atoms with van der Waals surface area (Å²) in [6.45, 7) is 15.5. The molecule has 1 aromatic heterocycles. The number of nitrogens with zero attached hydrogens (tertiary/aromatic N) is 1. The number of halogens is 1. The van der Waals surface area contributed by atoms with E-state index in [9.17, 15) is 0 Å². The van der Waals surface area contributed by atoms with Crippen LogP contribution in [0.2, 0.25) is 18.1 Å². The van der Waals surface area contributed by atoms with Crippen LogP contribution in [0, 0.1) is 0 Å². The molecule has 0 aliphatic carbocycles. The zero-order valence-electron chi connectivity index (χ0n) is 12.5. The maximum absolute atomic E-state index is 6.49. The molecule has 1 heterocycles. The van der Waals surface area contributed by atoms with E-state index in [4.69, 9.17) is 4.43 Å². The smallest absolute Gasteiger partial charge is 0.193 e. The first-order chi connectivity index (χ1) is 7.96. The first kappa shape index (κ1) is 15.9. The molecule has 0 amide bonds. The van der Waals surface area contributed by atoms with E-state index >= 15 is 0 Å². The van der Waals surface area contributed by atoms with Gasteiger partial charge in [-0.1, -0.05) is 36.7 Å². The molecule has 0 radical (unpaired) electrons. The van der Waals surface area contributed by atoms with Gasteiger partial charge in [-0.2, -0.15) is 0 Å². The number of hydrogen-bond donors (Lipinski definition) is 0. The van der Waals surface area contributed by atoms with Crippen LogP contribution in [0.4, 0.5) is 0 Å². The van der Waals surface area contributed by atoms with E-state index in [1.54, 1.807) is 0 Å². The molecular formula is C14H24BrNOSi. The first-order valence-electron chi connectivity index (χ1n) is 6.28. The lowest BCUT2D eigenvalue weighted by Gasteiger charge is -2.42. The van der Waals surface area contributed by atoms with E-state index in [0.29, 0.717) is 0 Å². The molecule has 0 aliphatic heterocycles. The fourth-order valence-corrected chi connectivity index (χ4v) is 3.60. The molecule has 0 bridgehead atoms. The zero-order chi connectivity index (χ0) is 14.2. The highest BCUT2D eigenvalue weighted by Gasteiger charge is 2.42. The van der Waals surface area contributed by atoms with Crippen LogP contribution in [-0.2, 0) is 10.0 Å². The van der Waals surface area contributed by atoms with E-state index in [-0.39, 0.29) is 10.6 Å². The molecule has 0 spiro atoms. The molecule has 0 atom stereocenters. The Morgan fingerprint density at radius 3 is 2.17 bits per heavy atom. The second-order valence-electron chi connectivity index (χ2n) is 6.73. The highest BCUT2D eigenvalue weighted by molar-refractivity contribution is 9.10. The Bertz CT molecular complexity index is 424. The molecule has 0 saturated carbocycles. The molecule has 2 nitrogen and oxygen atoms in total. The van der Waals surface area contributed by atoms with E-state index in [0.717, 1.165) is 10.2 Å². The maximum Gasteiger partial charge on any atom is 0.193 e. The summed E-state index contributed by atoms with van der Waals surface area (Å²) < 4.78 is 7.53. The van der Waals surface area contributed by atoms with Crippen LogP contribution in [0.3, 0.4) is 0 Å². The number of aromatic nitrogens is 1. The molecule has 18 heavy (non-hydrogen) atoms. The van der Waals surface area contributed by atoms with Crippen molar-refractivity contribution in [2.24, 2.45) is 0 Å². The van der Waals surface area contributed by atoms with Crippen LogP contribution in [0.5, 0.6) is 0 Å². The van der Waals surface area contributed by atoms with Crippen molar-refractivity contribution in [1.29, 1.82) is 0 Å². The lowest BCUT2D eigenvalue weighted by Crippen LogP contribution is -2.46. The molecule has 1 aromatic rings. The van der Waals surface area contributed by atoms with Crippen molar-refractivity contribution in [3.05, 3.63) is 28.5 Å². The Labute approximate surface area is 120 Å². The molecule has 102 valence electrons. The minimum absolute atomic E-state index is 0.205. The molecule has 0 saturated heterocycles. The Hall–Kier alpha value is -0.193. The van der Waals surface area contributed by atoms with Crippen LogP contribution in [0.1, 0.15) is 40.3 Å². The van der Waals surface area contributed by atoms with Gasteiger partial charge < -0.3 is 4.43 Å². The number of rotatable bonds is 3. The van der Waals surface area contributed by atoms with Gasteiger partial charge in [0.05, 0.1) is 11.3 Å². The average molecular weight is 330 g/mol. The molecular weight excluding hydrogens is 306 g/mol. The zero-order valence-corrected chi connectivity index (χ0v) is 15.1. The predicted octanol–water partition coefficient (Wildman–Crippen LogP) is 5.10. The van der Waals surface area contributed by atoms with Crippen molar-refractivity contribution >= 4 is 24.2 Å². The Morgan fingerprint density at radius 2 is 1.72 bits per heavy atom. The van der Waals surface area contributed by atoms with Gasteiger partial charge in [0.25, 0.3) is 0 Å². The highest BCUT2D eigenvalue weighted by atomic mass is 79.9. The summed E-state index contributed by atoms with van der Waals surface area (Å²) in [5.74, 6) is 0. The van der Waals surface area contributed by atoms with Crippen molar-refractivity contribution in [2.75, 3.05) is 0 Å². The fraction of sp³-hybridized carbons (Fsp3) is 0.643. The van der Waals surface area contributed by atoms with E-state index in [1.807, 2.05) is 18.3 Å². The maximum atomic E-state index is 6.49. The Balaban J connectivity index is 3.02. The van der Waals surface area contributed by atoms with Gasteiger partial charge in [0.2, 0.25) is 0 Å². The number of pyridine rings is 1. The summed E-state index contributed by atoms with van der Waals surface area (Å²) >= 11 is 3.49. The van der Waals surface area contributed by atoms with Crippen molar-refractivity contribution in [3.8, 4) is 0 Å². The summed E-state index contributed by atoms with van der Waals surface area (Å²) in [5.41, 5.74) is 0.619. The third-order valence-corrected chi connectivity index (χ3v) is 8.78. The van der Waals surface area contributed by atoms with Crippen LogP contribution in [-0.4, -0.2) is 13.3 Å². The normalized spacial score (nSPS) is 13.8. The topological polar surface area (TPSA) is 22.1 Å². The summed E-state index contributed by atoms with van der Waals surface area (Å²) in [6.07, 6.45) is 1.82. The average Bonchev–Trinajstić information content (AvgIpc) is 2.14. The van der Waals surface area contributed by atoms with E-state index < -0.39 is 8.32 Å². The van der Waals surface area contributed by atoms with Crippen molar-refractivity contribution in [1.82, 2.24) is 4.98 Å². The quantitative estimate of drug-likeness (QED) is 0.719. The summed E-state index contributed by atoms with van der Waals surface area (Å²) in [7, 11) is -1.80. The summed E-state index contributed by atoms with van der Waals surface area (Å²) in [4.78, 5) is 4.44. The van der Waals surface area contributed by atoms with Gasteiger partial charge in [0.15, 0.2) is 8.32 Å². The van der Waals surface area contributed by atoms with Gasteiger partial charge in [-0.25, -0.2) is 0 Å². The third kappa shape index (κ3) is 3.65. The van der Waals surface area contributed by atoms with Crippen molar-refractivity contribution in [2.45, 2.75) is 58.4 Å². The van der Waals surface area contributed by atoms with Gasteiger partial charge in [-0.15, -0.1) is 0 Å². The van der Waals surface area contributed by atoms with Crippen molar-refractivity contribution < 1.29 is 4.43 Å². The lowest BCUT2D eigenvalue weighted by atomic mass is 10.1. The second-order valence-corrected chi connectivity index (χ2v) is 12.4. The monoisotopic (exact) mass is 329 g/mol.